The summed E-state index contributed by atoms with van der Waals surface area (Å²) in [6, 6.07) is -0.832. The molecule has 472 valence electrons. The van der Waals surface area contributed by atoms with Crippen LogP contribution in [-0.4, -0.2) is 100 Å². The van der Waals surface area contributed by atoms with E-state index >= 15 is 0 Å². The van der Waals surface area contributed by atoms with Gasteiger partial charge in [-0.25, -0.2) is 0 Å². The first kappa shape index (κ1) is 76.4. The zero-order valence-corrected chi connectivity index (χ0v) is 52.2. The summed E-state index contributed by atoms with van der Waals surface area (Å²) in [5, 5.41) is 54.2. The van der Waals surface area contributed by atoms with Crippen LogP contribution in [0.15, 0.2) is 60.8 Å². The van der Waals surface area contributed by atoms with Gasteiger partial charge >= 0.3 is 5.97 Å². The van der Waals surface area contributed by atoms with Crippen LogP contribution in [0.25, 0.3) is 0 Å². The highest BCUT2D eigenvalue weighted by Gasteiger charge is 2.44. The van der Waals surface area contributed by atoms with Gasteiger partial charge in [-0.1, -0.05) is 273 Å². The summed E-state index contributed by atoms with van der Waals surface area (Å²) in [4.78, 5) is 25.0. The number of nitrogens with one attached hydrogen (secondary N) is 1. The first-order chi connectivity index (χ1) is 39.7. The number of amides is 1. The van der Waals surface area contributed by atoms with Gasteiger partial charge in [0.25, 0.3) is 0 Å². The lowest BCUT2D eigenvalue weighted by Gasteiger charge is -2.40. The Bertz CT molecular complexity index is 1530. The maximum atomic E-state index is 13.0. The van der Waals surface area contributed by atoms with E-state index in [1.807, 2.05) is 19.1 Å². The Kier molecular flexibility index (Phi) is 55.7. The molecule has 0 aromatic carbocycles. The largest absolute Gasteiger partial charge is 0.466 e. The van der Waals surface area contributed by atoms with Crippen molar-refractivity contribution in [3.63, 3.8) is 0 Å². The lowest BCUT2D eigenvalue weighted by Crippen LogP contribution is -2.60. The number of hydrogen-bond acceptors (Lipinski definition) is 10. The first-order valence-corrected chi connectivity index (χ1v) is 34.0. The van der Waals surface area contributed by atoms with Crippen molar-refractivity contribution in [2.75, 3.05) is 19.8 Å². The quantitative estimate of drug-likeness (QED) is 0.0195. The van der Waals surface area contributed by atoms with Crippen LogP contribution in [0.5, 0.6) is 0 Å². The van der Waals surface area contributed by atoms with Crippen molar-refractivity contribution >= 4 is 11.9 Å². The second-order valence-corrected chi connectivity index (χ2v) is 23.5. The van der Waals surface area contributed by atoms with E-state index in [-0.39, 0.29) is 18.5 Å². The van der Waals surface area contributed by atoms with E-state index in [0.29, 0.717) is 19.4 Å². The second kappa shape index (κ2) is 59.1. The normalized spacial score (nSPS) is 18.6. The molecule has 1 aliphatic heterocycles. The molecule has 0 radical (unpaired) electrons. The molecule has 1 rings (SSSR count). The first-order valence-electron chi connectivity index (χ1n) is 34.0. The van der Waals surface area contributed by atoms with Crippen molar-refractivity contribution < 1.29 is 49.3 Å². The van der Waals surface area contributed by atoms with Gasteiger partial charge in [-0.3, -0.25) is 9.59 Å². The molecule has 81 heavy (non-hydrogen) atoms. The number of unbranched alkanes of at least 4 members (excludes halogenated alkanes) is 38. The van der Waals surface area contributed by atoms with E-state index in [2.05, 4.69) is 54.8 Å². The van der Waals surface area contributed by atoms with E-state index in [1.165, 1.54) is 212 Å². The smallest absolute Gasteiger partial charge is 0.305 e. The van der Waals surface area contributed by atoms with Crippen LogP contribution < -0.4 is 5.32 Å². The highest BCUT2D eigenvalue weighted by Crippen LogP contribution is 2.23. The fourth-order valence-electron chi connectivity index (χ4n) is 10.6. The number of ether oxygens (including phenoxy) is 3. The number of aliphatic hydroxyl groups excluding tert-OH is 5. The Labute approximate surface area is 497 Å². The topological polar surface area (TPSA) is 175 Å². The monoisotopic (exact) mass is 1140 g/mol. The number of hydrogen-bond donors (Lipinski definition) is 6. The number of esters is 1. The van der Waals surface area contributed by atoms with Crippen molar-refractivity contribution in [1.29, 1.82) is 0 Å². The zero-order valence-electron chi connectivity index (χ0n) is 52.2. The van der Waals surface area contributed by atoms with E-state index < -0.39 is 49.5 Å². The third-order valence-electron chi connectivity index (χ3n) is 15.9. The fraction of sp³-hybridized carbons (Fsp3) is 0.829. The molecule has 1 saturated heterocycles. The molecule has 6 N–H and O–H groups in total. The maximum Gasteiger partial charge on any atom is 0.305 e. The van der Waals surface area contributed by atoms with Crippen LogP contribution in [0.3, 0.4) is 0 Å². The minimum atomic E-state index is -1.58. The Morgan fingerprint density at radius 2 is 0.889 bits per heavy atom. The lowest BCUT2D eigenvalue weighted by atomic mass is 9.99. The molecule has 1 fully saturated rings. The SMILES string of the molecule is C/C=C/CC/C=C/CC/C=C/C(O)C(COC1OC(CO)C(O)C(O)C1O)NC(=O)CCCCCCCCCCCCCCCCCCC/C=C\C/C=C\CCCCCCCCCCCOC(=O)CCCCCCCCCCCCC. The molecule has 0 aromatic rings. The summed E-state index contributed by atoms with van der Waals surface area (Å²) < 4.78 is 16.7. The number of aliphatic hydroxyl groups is 5. The van der Waals surface area contributed by atoms with Crippen molar-refractivity contribution in [3.05, 3.63) is 60.8 Å². The average molecular weight is 1140 g/mol. The standard InChI is InChI=1S/C70H127NO10/c1-3-5-7-9-11-13-37-42-46-50-54-58-66(75)79-59-55-51-47-43-39-36-34-32-30-28-26-24-22-20-18-16-14-15-17-19-21-23-25-27-29-31-33-35-38-41-45-49-53-57-65(74)71-62(63(73)56-52-48-44-40-12-10-8-6-4-2)61-80-70-69(78)68(77)67(76)64(60-72)81-70/h4,6,12,18,20,24,26,40,52,56,62-64,67-70,72-73,76-78H,3,5,7-11,13-17,19,21-23,25,27-39,41-51,53-55,57-61H2,1-2H3,(H,71,74)/b6-4+,20-18-,26-24-,40-12+,56-52+. The van der Waals surface area contributed by atoms with Gasteiger partial charge in [0.15, 0.2) is 6.29 Å². The summed E-state index contributed by atoms with van der Waals surface area (Å²) in [6.07, 6.45) is 68.2. The van der Waals surface area contributed by atoms with Gasteiger partial charge in [0.1, 0.15) is 24.4 Å². The van der Waals surface area contributed by atoms with Crippen LogP contribution in [-0.2, 0) is 23.8 Å². The van der Waals surface area contributed by atoms with Crippen LogP contribution in [0.2, 0.25) is 0 Å². The minimum absolute atomic E-state index is 0.00584. The predicted molar refractivity (Wildman–Crippen MR) is 338 cm³/mol. The summed E-state index contributed by atoms with van der Waals surface area (Å²) in [5.74, 6) is -0.192. The molecule has 0 saturated carbocycles. The van der Waals surface area contributed by atoms with Crippen molar-refractivity contribution in [1.82, 2.24) is 5.32 Å². The van der Waals surface area contributed by atoms with E-state index in [4.69, 9.17) is 14.2 Å². The summed E-state index contributed by atoms with van der Waals surface area (Å²) in [6.45, 7) is 4.10. The van der Waals surface area contributed by atoms with Crippen molar-refractivity contribution in [2.24, 2.45) is 0 Å². The third kappa shape index (κ3) is 48.3. The second-order valence-electron chi connectivity index (χ2n) is 23.5. The van der Waals surface area contributed by atoms with Crippen LogP contribution in [0, 0.1) is 0 Å². The van der Waals surface area contributed by atoms with Crippen LogP contribution in [0.4, 0.5) is 0 Å². The van der Waals surface area contributed by atoms with Gasteiger partial charge in [0, 0.05) is 12.8 Å². The molecular weight excluding hydrogens is 1010 g/mol. The van der Waals surface area contributed by atoms with E-state index in [0.717, 1.165) is 70.6 Å². The number of carbonyl (C=O) groups is 2. The summed E-state index contributed by atoms with van der Waals surface area (Å²) in [7, 11) is 0. The minimum Gasteiger partial charge on any atom is -0.466 e. The molecular formula is C70H127NO10. The van der Waals surface area contributed by atoms with Crippen LogP contribution >= 0.6 is 0 Å². The molecule has 1 amide bonds. The molecule has 7 unspecified atom stereocenters. The molecule has 7 atom stereocenters. The Morgan fingerprint density at radius 1 is 0.481 bits per heavy atom. The Balaban J connectivity index is 1.93. The van der Waals surface area contributed by atoms with Gasteiger partial charge in [-0.05, 0) is 84.0 Å². The van der Waals surface area contributed by atoms with Crippen LogP contribution in [0.1, 0.15) is 309 Å². The highest BCUT2D eigenvalue weighted by atomic mass is 16.7. The van der Waals surface area contributed by atoms with Crippen molar-refractivity contribution in [2.45, 2.75) is 352 Å². The lowest BCUT2D eigenvalue weighted by molar-refractivity contribution is -0.302. The molecule has 0 bridgehead atoms. The molecule has 0 aromatic heterocycles. The number of allylic oxidation sites excluding steroid dienone is 9. The number of rotatable bonds is 59. The average Bonchev–Trinajstić information content (AvgIpc) is 3.46. The van der Waals surface area contributed by atoms with E-state index in [9.17, 15) is 35.1 Å². The Hall–Kier alpha value is -2.64. The molecule has 11 heteroatoms. The van der Waals surface area contributed by atoms with Crippen molar-refractivity contribution in [3.8, 4) is 0 Å². The summed E-state index contributed by atoms with van der Waals surface area (Å²) in [5.41, 5.74) is 0. The molecule has 11 nitrogen and oxygen atoms in total. The van der Waals surface area contributed by atoms with Gasteiger partial charge in [-0.15, -0.1) is 0 Å². The van der Waals surface area contributed by atoms with Gasteiger partial charge in [0.2, 0.25) is 5.91 Å². The van der Waals surface area contributed by atoms with Gasteiger partial charge < -0.3 is 45.1 Å². The molecule has 1 heterocycles. The summed E-state index contributed by atoms with van der Waals surface area (Å²) >= 11 is 0. The maximum absolute atomic E-state index is 13.0. The fourth-order valence-corrected chi connectivity index (χ4v) is 10.6. The number of carbonyl (C=O) groups excluding carboxylic acids is 2. The predicted octanol–water partition coefficient (Wildman–Crippen LogP) is 17.0. The zero-order chi connectivity index (χ0) is 58.7. The molecule has 0 aliphatic carbocycles. The molecule has 1 aliphatic rings. The third-order valence-corrected chi connectivity index (χ3v) is 15.9. The molecule has 0 spiro atoms. The van der Waals surface area contributed by atoms with Gasteiger partial charge in [-0.2, -0.15) is 0 Å². The Morgan fingerprint density at radius 3 is 1.36 bits per heavy atom. The van der Waals surface area contributed by atoms with Gasteiger partial charge in [0.05, 0.1) is 32.0 Å². The van der Waals surface area contributed by atoms with E-state index in [1.54, 1.807) is 6.08 Å². The highest BCUT2D eigenvalue weighted by molar-refractivity contribution is 5.76.